The van der Waals surface area contributed by atoms with E-state index in [0.717, 1.165) is 32.6 Å². The molecule has 0 bridgehead atoms. The summed E-state index contributed by atoms with van der Waals surface area (Å²) in [7, 11) is -0.211. The quantitative estimate of drug-likeness (QED) is 0.139. The molecule has 0 aliphatic rings. The first kappa shape index (κ1) is 27.9. The molecule has 0 amide bonds. The van der Waals surface area contributed by atoms with Gasteiger partial charge < -0.3 is 19.2 Å². The summed E-state index contributed by atoms with van der Waals surface area (Å²) in [5.41, 5.74) is 1.72. The van der Waals surface area contributed by atoms with Gasteiger partial charge in [-0.15, -0.1) is 0 Å². The zero-order valence-corrected chi connectivity index (χ0v) is 24.1. The van der Waals surface area contributed by atoms with Crippen LogP contribution in [-0.4, -0.2) is 34.6 Å². The lowest BCUT2D eigenvalue weighted by Gasteiger charge is -2.38. The van der Waals surface area contributed by atoms with E-state index in [1.165, 1.54) is 7.11 Å². The van der Waals surface area contributed by atoms with Crippen molar-refractivity contribution in [2.75, 3.05) is 19.5 Å². The third kappa shape index (κ3) is 6.09. The molecule has 41 heavy (non-hydrogen) atoms. The first-order chi connectivity index (χ1) is 20.2. The largest absolute Gasteiger partial charge is 0.497 e. The van der Waals surface area contributed by atoms with E-state index in [0.29, 0.717) is 0 Å². The molecule has 0 unspecified atom stereocenters. The molecule has 5 aromatic carbocycles. The Balaban J connectivity index is 1.71. The third-order valence-corrected chi connectivity index (χ3v) is 11.2. The smallest absolute Gasteiger partial charge is 0.336 e. The van der Waals surface area contributed by atoms with Gasteiger partial charge in [-0.1, -0.05) is 121 Å². The fourth-order valence-electron chi connectivity index (χ4n) is 5.14. The lowest BCUT2D eigenvalue weighted by Crippen LogP contribution is -2.71. The minimum absolute atomic E-state index is 0.459. The number of hydrogen-bond acceptors (Lipinski definition) is 5. The Morgan fingerprint density at radius 2 is 1.05 bits per heavy atom. The summed E-state index contributed by atoms with van der Waals surface area (Å²) in [5.74, 6) is 0.288. The zero-order chi connectivity index (χ0) is 28.5. The van der Waals surface area contributed by atoms with Crippen LogP contribution in [0.2, 0.25) is 0 Å². The van der Waals surface area contributed by atoms with Crippen LogP contribution in [0.4, 0.5) is 5.69 Å². The van der Waals surface area contributed by atoms with E-state index in [-0.39, 0.29) is 0 Å². The highest BCUT2D eigenvalue weighted by atomic mass is 28.4. The molecule has 0 aliphatic heterocycles. The lowest BCUT2D eigenvalue weighted by atomic mass is 10.0. The molecule has 0 heterocycles. The average Bonchev–Trinajstić information content (AvgIpc) is 3.06. The third-order valence-electron chi connectivity index (χ3n) is 7.15. The van der Waals surface area contributed by atoms with Gasteiger partial charge in [-0.2, -0.15) is 0 Å². The minimum atomic E-state index is -3.25. The molecule has 0 fully saturated rings. The number of anilines is 1. The normalized spacial score (nSPS) is 12.6. The molecule has 6 heteroatoms. The molecule has 0 aliphatic carbocycles. The Labute approximate surface area is 242 Å². The highest BCUT2D eigenvalue weighted by Crippen LogP contribution is 2.29. The summed E-state index contributed by atoms with van der Waals surface area (Å²) in [4.78, 5) is 13.8. The van der Waals surface area contributed by atoms with Gasteiger partial charge in [0.15, 0.2) is 6.10 Å². The number of ether oxygens (including phenoxy) is 2. The van der Waals surface area contributed by atoms with Crippen LogP contribution in [0.3, 0.4) is 0 Å². The second kappa shape index (κ2) is 13.1. The molecular formula is C35H33NO4Si. The molecule has 1 N–H and O–H groups in total. The van der Waals surface area contributed by atoms with Crippen LogP contribution >= 0.6 is 0 Å². The lowest BCUT2D eigenvalue weighted by molar-refractivity contribution is -0.149. The van der Waals surface area contributed by atoms with Crippen molar-refractivity contribution < 1.29 is 18.7 Å². The Bertz CT molecular complexity index is 1420. The summed E-state index contributed by atoms with van der Waals surface area (Å²) in [6, 6.07) is 47.6. The zero-order valence-electron chi connectivity index (χ0n) is 23.1. The van der Waals surface area contributed by atoms with E-state index < -0.39 is 26.4 Å². The van der Waals surface area contributed by atoms with Crippen LogP contribution in [-0.2, 0) is 14.0 Å². The Morgan fingerprint density at radius 1 is 0.610 bits per heavy atom. The standard InChI is InChI=1S/C35H33NO4Si/c1-38-29-25-23-28(24-26-29)36-33(27-15-7-3-8-16-27)34(35(37)39-2)40-41(30-17-9-4-10-18-30,31-19-11-5-12-20-31)32-21-13-6-14-22-32/h3-26,33-34,36H,1-2H3/t33-,34+/m1/s1. The predicted octanol–water partition coefficient (Wildman–Crippen LogP) is 5.07. The summed E-state index contributed by atoms with van der Waals surface area (Å²) in [6.07, 6.45) is -0.989. The van der Waals surface area contributed by atoms with Crippen LogP contribution < -0.4 is 25.6 Å². The van der Waals surface area contributed by atoms with Crippen LogP contribution in [0.15, 0.2) is 146 Å². The van der Waals surface area contributed by atoms with Crippen molar-refractivity contribution >= 4 is 35.5 Å². The first-order valence-electron chi connectivity index (χ1n) is 13.5. The molecule has 0 saturated carbocycles. The van der Waals surface area contributed by atoms with Gasteiger partial charge in [0.1, 0.15) is 5.75 Å². The van der Waals surface area contributed by atoms with Crippen LogP contribution in [0.1, 0.15) is 11.6 Å². The van der Waals surface area contributed by atoms with E-state index in [1.807, 2.05) is 109 Å². The van der Waals surface area contributed by atoms with Crippen molar-refractivity contribution in [2.45, 2.75) is 12.1 Å². The van der Waals surface area contributed by atoms with E-state index >= 15 is 0 Å². The number of rotatable bonds is 11. The van der Waals surface area contributed by atoms with Gasteiger partial charge in [0.05, 0.1) is 20.3 Å². The van der Waals surface area contributed by atoms with Gasteiger partial charge in [-0.25, -0.2) is 4.79 Å². The highest BCUT2D eigenvalue weighted by Gasteiger charge is 2.47. The van der Waals surface area contributed by atoms with E-state index in [4.69, 9.17) is 13.9 Å². The number of carbonyl (C=O) groups excluding carboxylic acids is 1. The molecule has 0 radical (unpaired) electrons. The van der Waals surface area contributed by atoms with Crippen molar-refractivity contribution in [1.82, 2.24) is 0 Å². The maximum absolute atomic E-state index is 13.8. The number of carbonyl (C=O) groups is 1. The van der Waals surface area contributed by atoms with Gasteiger partial charge in [-0.3, -0.25) is 0 Å². The number of hydrogen-bond donors (Lipinski definition) is 1. The summed E-state index contributed by atoms with van der Waals surface area (Å²) < 4.78 is 18.2. The van der Waals surface area contributed by atoms with Gasteiger partial charge in [0, 0.05) is 5.69 Å². The molecule has 5 aromatic rings. The van der Waals surface area contributed by atoms with Gasteiger partial charge in [0.25, 0.3) is 8.32 Å². The molecule has 0 saturated heterocycles. The monoisotopic (exact) mass is 559 g/mol. The number of methoxy groups -OCH3 is 2. The molecule has 5 rings (SSSR count). The topological polar surface area (TPSA) is 56.8 Å². The van der Waals surface area contributed by atoms with Crippen LogP contribution in [0, 0.1) is 0 Å². The Hall–Kier alpha value is -4.65. The number of nitrogens with one attached hydrogen (secondary N) is 1. The number of benzene rings is 5. The molecule has 0 spiro atoms. The highest BCUT2D eigenvalue weighted by molar-refractivity contribution is 7.07. The molecule has 2 atom stereocenters. The van der Waals surface area contributed by atoms with Crippen LogP contribution in [0.5, 0.6) is 5.75 Å². The first-order valence-corrected chi connectivity index (χ1v) is 15.4. The SMILES string of the molecule is COC(=O)[C@@H](O[Si](c1ccccc1)(c1ccccc1)c1ccccc1)[C@H](Nc1ccc(OC)cc1)c1ccccc1. The summed E-state index contributed by atoms with van der Waals surface area (Å²) >= 11 is 0. The molecule has 5 nitrogen and oxygen atoms in total. The Kier molecular flexibility index (Phi) is 8.94. The second-order valence-corrected chi connectivity index (χ2v) is 12.9. The minimum Gasteiger partial charge on any atom is -0.497 e. The van der Waals surface area contributed by atoms with Gasteiger partial charge in [0.2, 0.25) is 0 Å². The molecule has 206 valence electrons. The van der Waals surface area contributed by atoms with Gasteiger partial charge >= 0.3 is 5.97 Å². The van der Waals surface area contributed by atoms with Crippen molar-refractivity contribution in [2.24, 2.45) is 0 Å². The van der Waals surface area contributed by atoms with E-state index in [2.05, 4.69) is 41.7 Å². The average molecular weight is 560 g/mol. The fourth-order valence-corrected chi connectivity index (χ4v) is 9.15. The second-order valence-electron chi connectivity index (χ2n) is 9.60. The van der Waals surface area contributed by atoms with Crippen molar-refractivity contribution in [1.29, 1.82) is 0 Å². The van der Waals surface area contributed by atoms with Crippen LogP contribution in [0.25, 0.3) is 0 Å². The number of esters is 1. The van der Waals surface area contributed by atoms with Crippen molar-refractivity contribution in [3.8, 4) is 5.75 Å². The van der Waals surface area contributed by atoms with Gasteiger partial charge in [-0.05, 0) is 45.4 Å². The predicted molar refractivity (Wildman–Crippen MR) is 167 cm³/mol. The maximum Gasteiger partial charge on any atom is 0.336 e. The molecule has 0 aromatic heterocycles. The summed E-state index contributed by atoms with van der Waals surface area (Å²) in [6.45, 7) is 0. The van der Waals surface area contributed by atoms with Crippen molar-refractivity contribution in [3.63, 3.8) is 0 Å². The molecular weight excluding hydrogens is 526 g/mol. The maximum atomic E-state index is 13.8. The Morgan fingerprint density at radius 3 is 1.46 bits per heavy atom. The van der Waals surface area contributed by atoms with E-state index in [1.54, 1.807) is 7.11 Å². The van der Waals surface area contributed by atoms with Crippen molar-refractivity contribution in [3.05, 3.63) is 151 Å². The summed E-state index contributed by atoms with van der Waals surface area (Å²) in [5, 5.41) is 6.67. The fraction of sp³-hybridized carbons (Fsp3) is 0.114. The van der Waals surface area contributed by atoms with E-state index in [9.17, 15) is 4.79 Å².